The summed E-state index contributed by atoms with van der Waals surface area (Å²) in [5.74, 6) is 1.57. The summed E-state index contributed by atoms with van der Waals surface area (Å²) >= 11 is 0. The Morgan fingerprint density at radius 2 is 1.53 bits per heavy atom. The van der Waals surface area contributed by atoms with E-state index in [0.29, 0.717) is 6.04 Å². The van der Waals surface area contributed by atoms with Gasteiger partial charge in [0.2, 0.25) is 0 Å². The molecule has 0 spiro atoms. The largest absolute Gasteiger partial charge is 0.493 e. The fourth-order valence-electron chi connectivity index (χ4n) is 4.71. The van der Waals surface area contributed by atoms with E-state index in [0.717, 1.165) is 44.1 Å². The zero-order valence-electron chi connectivity index (χ0n) is 18.8. The molecule has 0 aromatic heterocycles. The molecule has 0 aliphatic carbocycles. The molecule has 0 radical (unpaired) electrons. The first-order valence-electron chi connectivity index (χ1n) is 10.8. The number of hydrazine groups is 1. The second-order valence-electron chi connectivity index (χ2n) is 8.54. The fourth-order valence-corrected chi connectivity index (χ4v) is 4.71. The maximum absolute atomic E-state index is 5.62. The Morgan fingerprint density at radius 3 is 2.17 bits per heavy atom. The molecule has 162 valence electrons. The summed E-state index contributed by atoms with van der Waals surface area (Å²) in [5.41, 5.74) is 8.76. The summed E-state index contributed by atoms with van der Waals surface area (Å²) < 4.78 is 11.2. The fraction of sp³-hybridized carbons (Fsp3) is 0.500. The molecule has 2 aromatic rings. The van der Waals surface area contributed by atoms with Crippen molar-refractivity contribution in [3.05, 3.63) is 53.1 Å². The van der Waals surface area contributed by atoms with Gasteiger partial charge >= 0.3 is 0 Å². The molecule has 4 rings (SSSR count). The average Bonchev–Trinajstić information content (AvgIpc) is 2.87. The van der Waals surface area contributed by atoms with E-state index in [9.17, 15) is 0 Å². The number of ether oxygens (including phenoxy) is 2. The van der Waals surface area contributed by atoms with E-state index >= 15 is 0 Å². The zero-order valence-corrected chi connectivity index (χ0v) is 18.8. The van der Waals surface area contributed by atoms with E-state index in [2.05, 4.69) is 77.7 Å². The van der Waals surface area contributed by atoms with Crippen LogP contribution in [0.15, 0.2) is 36.4 Å². The van der Waals surface area contributed by atoms with Crippen LogP contribution >= 0.6 is 0 Å². The lowest BCUT2D eigenvalue weighted by molar-refractivity contribution is 0.172. The van der Waals surface area contributed by atoms with Crippen molar-refractivity contribution in [3.63, 3.8) is 0 Å². The molecule has 0 bridgehead atoms. The molecule has 2 heterocycles. The molecule has 30 heavy (non-hydrogen) atoms. The monoisotopic (exact) mass is 410 g/mol. The molecule has 0 saturated carbocycles. The first-order valence-corrected chi connectivity index (χ1v) is 10.8. The van der Waals surface area contributed by atoms with Crippen molar-refractivity contribution in [2.75, 3.05) is 59.4 Å². The number of nitrogens with one attached hydrogen (secondary N) is 1. The van der Waals surface area contributed by atoms with Gasteiger partial charge in [0.1, 0.15) is 0 Å². The van der Waals surface area contributed by atoms with Gasteiger partial charge in [-0.2, -0.15) is 0 Å². The molecule has 2 aliphatic rings. The summed E-state index contributed by atoms with van der Waals surface area (Å²) in [5, 5.41) is 2.23. The molecule has 2 aliphatic heterocycles. The zero-order chi connectivity index (χ0) is 21.3. The highest BCUT2D eigenvalue weighted by Crippen LogP contribution is 2.39. The molecule has 1 unspecified atom stereocenters. The van der Waals surface area contributed by atoms with Gasteiger partial charge in [0.05, 0.1) is 20.3 Å². The van der Waals surface area contributed by atoms with E-state index in [4.69, 9.17) is 9.47 Å². The number of likely N-dealkylation sites (N-methyl/N-ethyl adjacent to an activating group) is 1. The minimum absolute atomic E-state index is 0.103. The molecule has 6 heteroatoms. The lowest BCUT2D eigenvalue weighted by Gasteiger charge is -2.34. The summed E-state index contributed by atoms with van der Waals surface area (Å²) in [7, 11) is 7.72. The number of rotatable bonds is 4. The standard InChI is InChI=1S/C24H34N4O2/c1-17-14-19-15-22(29-4)23(30-5)16-21(19)24(27(3)25-17)18-6-8-20(9-7-18)28-12-10-26(2)11-13-28/h6-9,15-17,24-25H,10-14H2,1-5H3/t17-,24?/m1/s1. The maximum atomic E-state index is 5.62. The summed E-state index contributed by atoms with van der Waals surface area (Å²) in [4.78, 5) is 4.86. The normalized spacial score (nSPS) is 23.0. The highest BCUT2D eigenvalue weighted by Gasteiger charge is 2.29. The Balaban J connectivity index is 1.69. The molecule has 2 aromatic carbocycles. The average molecular weight is 411 g/mol. The Bertz CT molecular complexity index is 862. The second kappa shape index (κ2) is 8.84. The number of benzene rings is 2. The van der Waals surface area contributed by atoms with Gasteiger partial charge < -0.3 is 19.3 Å². The van der Waals surface area contributed by atoms with Crippen LogP contribution in [0.5, 0.6) is 11.5 Å². The Labute approximate surface area is 180 Å². The molecule has 0 amide bonds. The minimum Gasteiger partial charge on any atom is -0.493 e. The summed E-state index contributed by atoms with van der Waals surface area (Å²) in [6.07, 6.45) is 0.940. The van der Waals surface area contributed by atoms with Crippen LogP contribution in [-0.4, -0.2) is 70.4 Å². The van der Waals surface area contributed by atoms with Crippen molar-refractivity contribution in [2.45, 2.75) is 25.4 Å². The third-order valence-corrected chi connectivity index (χ3v) is 6.35. The van der Waals surface area contributed by atoms with Crippen LogP contribution in [0.25, 0.3) is 0 Å². The van der Waals surface area contributed by atoms with Gasteiger partial charge in [-0.05, 0) is 61.3 Å². The Hall–Kier alpha value is -2.28. The predicted octanol–water partition coefficient (Wildman–Crippen LogP) is 2.93. The van der Waals surface area contributed by atoms with Gasteiger partial charge in [-0.25, -0.2) is 5.01 Å². The van der Waals surface area contributed by atoms with E-state index in [-0.39, 0.29) is 6.04 Å². The van der Waals surface area contributed by atoms with Crippen molar-refractivity contribution >= 4 is 5.69 Å². The van der Waals surface area contributed by atoms with Gasteiger partial charge in [0, 0.05) is 45.0 Å². The van der Waals surface area contributed by atoms with Crippen molar-refractivity contribution in [1.82, 2.24) is 15.3 Å². The molecular weight excluding hydrogens is 376 g/mol. The second-order valence-corrected chi connectivity index (χ2v) is 8.54. The number of nitrogens with zero attached hydrogens (tertiary/aromatic N) is 3. The minimum atomic E-state index is 0.103. The van der Waals surface area contributed by atoms with Gasteiger partial charge in [0.25, 0.3) is 0 Å². The SMILES string of the molecule is COc1cc2c(cc1OC)C(c1ccc(N3CCN(C)CC3)cc1)N(C)N[C@H](C)C2. The predicted molar refractivity (Wildman–Crippen MR) is 122 cm³/mol. The first-order chi connectivity index (χ1) is 14.5. The van der Waals surface area contributed by atoms with Crippen molar-refractivity contribution < 1.29 is 9.47 Å². The first kappa shape index (κ1) is 21.0. The lowest BCUT2D eigenvalue weighted by Crippen LogP contribution is -2.44. The Kier molecular flexibility index (Phi) is 6.18. The van der Waals surface area contributed by atoms with Gasteiger partial charge in [-0.3, -0.25) is 5.43 Å². The lowest BCUT2D eigenvalue weighted by atomic mass is 9.91. The number of methoxy groups -OCH3 is 2. The van der Waals surface area contributed by atoms with Gasteiger partial charge in [0.15, 0.2) is 11.5 Å². The van der Waals surface area contributed by atoms with Crippen LogP contribution in [0.2, 0.25) is 0 Å². The van der Waals surface area contributed by atoms with Crippen LogP contribution in [0.4, 0.5) is 5.69 Å². The molecule has 1 N–H and O–H groups in total. The van der Waals surface area contributed by atoms with Crippen LogP contribution in [0.1, 0.15) is 29.7 Å². The molecule has 2 atom stereocenters. The highest BCUT2D eigenvalue weighted by molar-refractivity contribution is 5.53. The van der Waals surface area contributed by atoms with Crippen molar-refractivity contribution in [1.29, 1.82) is 0 Å². The van der Waals surface area contributed by atoms with Crippen LogP contribution in [0, 0.1) is 0 Å². The van der Waals surface area contributed by atoms with Gasteiger partial charge in [-0.15, -0.1) is 0 Å². The number of hydrogen-bond acceptors (Lipinski definition) is 6. The van der Waals surface area contributed by atoms with Crippen molar-refractivity contribution in [3.8, 4) is 11.5 Å². The van der Waals surface area contributed by atoms with Crippen molar-refractivity contribution in [2.24, 2.45) is 0 Å². The van der Waals surface area contributed by atoms with E-state index in [1.165, 1.54) is 22.4 Å². The molecule has 1 fully saturated rings. The Morgan fingerprint density at radius 1 is 0.900 bits per heavy atom. The van der Waals surface area contributed by atoms with E-state index < -0.39 is 0 Å². The quantitative estimate of drug-likeness (QED) is 0.836. The van der Waals surface area contributed by atoms with Crippen LogP contribution in [-0.2, 0) is 6.42 Å². The molecular formula is C24H34N4O2. The van der Waals surface area contributed by atoms with Crippen LogP contribution in [0.3, 0.4) is 0 Å². The number of fused-ring (bicyclic) bond motifs is 1. The third kappa shape index (κ3) is 4.13. The highest BCUT2D eigenvalue weighted by atomic mass is 16.5. The summed E-state index contributed by atoms with van der Waals surface area (Å²) in [6, 6.07) is 13.8. The number of hydrogen-bond donors (Lipinski definition) is 1. The summed E-state index contributed by atoms with van der Waals surface area (Å²) in [6.45, 7) is 6.61. The smallest absolute Gasteiger partial charge is 0.161 e. The molecule has 6 nitrogen and oxygen atoms in total. The third-order valence-electron chi connectivity index (χ3n) is 6.35. The van der Waals surface area contributed by atoms with Crippen LogP contribution < -0.4 is 19.8 Å². The maximum Gasteiger partial charge on any atom is 0.161 e. The topological polar surface area (TPSA) is 40.2 Å². The van der Waals surface area contributed by atoms with E-state index in [1.54, 1.807) is 14.2 Å². The number of anilines is 1. The number of piperazine rings is 1. The van der Waals surface area contributed by atoms with E-state index in [1.807, 2.05) is 0 Å². The van der Waals surface area contributed by atoms with Gasteiger partial charge in [-0.1, -0.05) is 12.1 Å². The molecule has 1 saturated heterocycles.